The number of aromatic nitrogens is 2. The highest BCUT2D eigenvalue weighted by Gasteiger charge is 2.18. The van der Waals surface area contributed by atoms with E-state index in [1.165, 1.54) is 21.9 Å². The maximum atomic E-state index is 5.33. The Bertz CT molecular complexity index is 1060. The largest absolute Gasteiger partial charge is 0.497 e. The Morgan fingerprint density at radius 2 is 1.77 bits per heavy atom. The Balaban J connectivity index is 1.79. The summed E-state index contributed by atoms with van der Waals surface area (Å²) < 4.78 is 7.71. The second-order valence-corrected chi connectivity index (χ2v) is 6.80. The van der Waals surface area contributed by atoms with Gasteiger partial charge in [0.2, 0.25) is 0 Å². The van der Waals surface area contributed by atoms with Crippen LogP contribution in [0.5, 0.6) is 5.75 Å². The molecule has 0 bridgehead atoms. The first-order chi connectivity index (χ1) is 12.7. The molecule has 1 aromatic heterocycles. The lowest BCUT2D eigenvalue weighted by Crippen LogP contribution is -2.08. The van der Waals surface area contributed by atoms with Gasteiger partial charge in [0.25, 0.3) is 0 Å². The molecule has 0 aliphatic rings. The number of methoxy groups -OCH3 is 1. The van der Waals surface area contributed by atoms with Crippen molar-refractivity contribution in [2.75, 3.05) is 7.11 Å². The highest BCUT2D eigenvalue weighted by Crippen LogP contribution is 2.30. The van der Waals surface area contributed by atoms with Gasteiger partial charge < -0.3 is 9.30 Å². The van der Waals surface area contributed by atoms with Crippen LogP contribution in [0.25, 0.3) is 21.8 Å². The summed E-state index contributed by atoms with van der Waals surface area (Å²) in [5, 5.41) is 2.43. The lowest BCUT2D eigenvalue weighted by Gasteiger charge is -2.15. The molecule has 0 spiro atoms. The van der Waals surface area contributed by atoms with Crippen LogP contribution in [0.2, 0.25) is 0 Å². The third kappa shape index (κ3) is 2.84. The highest BCUT2D eigenvalue weighted by molar-refractivity contribution is 5.85. The third-order valence-corrected chi connectivity index (χ3v) is 5.09. The molecule has 1 atom stereocenters. The Kier molecular flexibility index (Phi) is 4.37. The molecule has 4 aromatic rings. The van der Waals surface area contributed by atoms with E-state index in [9.17, 15) is 0 Å². The quantitative estimate of drug-likeness (QED) is 0.460. The zero-order valence-corrected chi connectivity index (χ0v) is 15.6. The minimum absolute atomic E-state index is 0.237. The maximum Gasteiger partial charge on any atom is 0.119 e. The van der Waals surface area contributed by atoms with Crippen LogP contribution in [-0.2, 0) is 6.54 Å². The monoisotopic (exact) mass is 344 g/mol. The summed E-state index contributed by atoms with van der Waals surface area (Å²) in [5.41, 5.74) is 3.59. The summed E-state index contributed by atoms with van der Waals surface area (Å²) in [6, 6.07) is 21.3. The number of hydrogen-bond acceptors (Lipinski definition) is 2. The van der Waals surface area contributed by atoms with Crippen LogP contribution >= 0.6 is 0 Å². The molecule has 3 aromatic carbocycles. The lowest BCUT2D eigenvalue weighted by atomic mass is 9.97. The van der Waals surface area contributed by atoms with Crippen LogP contribution in [0.15, 0.2) is 60.7 Å². The molecule has 0 aliphatic heterocycles. The van der Waals surface area contributed by atoms with Gasteiger partial charge in [0, 0.05) is 12.5 Å². The van der Waals surface area contributed by atoms with Gasteiger partial charge in [0.1, 0.15) is 11.6 Å². The number of rotatable bonds is 5. The van der Waals surface area contributed by atoms with Gasteiger partial charge >= 0.3 is 0 Å². The zero-order chi connectivity index (χ0) is 18.1. The number of para-hydroxylation sites is 2. The van der Waals surface area contributed by atoms with Gasteiger partial charge in [-0.05, 0) is 47.0 Å². The van der Waals surface area contributed by atoms with E-state index in [4.69, 9.17) is 9.72 Å². The molecule has 0 N–H and O–H groups in total. The van der Waals surface area contributed by atoms with E-state index in [1.54, 1.807) is 7.11 Å². The fourth-order valence-electron chi connectivity index (χ4n) is 3.67. The van der Waals surface area contributed by atoms with Crippen LogP contribution < -0.4 is 4.74 Å². The Hall–Kier alpha value is -2.81. The fraction of sp³-hybridized carbons (Fsp3) is 0.261. The average Bonchev–Trinajstić information content (AvgIpc) is 3.05. The number of benzene rings is 3. The van der Waals surface area contributed by atoms with Gasteiger partial charge in [0.05, 0.1) is 18.1 Å². The predicted molar refractivity (Wildman–Crippen MR) is 108 cm³/mol. The third-order valence-electron chi connectivity index (χ3n) is 5.09. The Morgan fingerprint density at radius 3 is 2.58 bits per heavy atom. The standard InChI is InChI=1S/C23H24N2O/c1-4-13-25-22-8-6-5-7-21(22)24-23(25)16(2)17-9-10-19-15-20(26-3)12-11-18(19)14-17/h5-12,14-16H,4,13H2,1-3H3/t16-/m1/s1. The molecule has 1 heterocycles. The smallest absolute Gasteiger partial charge is 0.119 e. The summed E-state index contributed by atoms with van der Waals surface area (Å²) in [4.78, 5) is 4.96. The summed E-state index contributed by atoms with van der Waals surface area (Å²) in [6.07, 6.45) is 1.09. The summed E-state index contributed by atoms with van der Waals surface area (Å²) in [7, 11) is 1.70. The van der Waals surface area contributed by atoms with Gasteiger partial charge in [-0.2, -0.15) is 0 Å². The van der Waals surface area contributed by atoms with Gasteiger partial charge in [-0.3, -0.25) is 0 Å². The highest BCUT2D eigenvalue weighted by atomic mass is 16.5. The predicted octanol–water partition coefficient (Wildman–Crippen LogP) is 5.76. The van der Waals surface area contributed by atoms with Crippen molar-refractivity contribution in [3.63, 3.8) is 0 Å². The molecule has 132 valence electrons. The van der Waals surface area contributed by atoms with Gasteiger partial charge in [-0.25, -0.2) is 4.98 Å². The fourth-order valence-corrected chi connectivity index (χ4v) is 3.67. The second kappa shape index (κ2) is 6.83. The molecule has 0 unspecified atom stereocenters. The summed E-state index contributed by atoms with van der Waals surface area (Å²) >= 11 is 0. The van der Waals surface area contributed by atoms with E-state index >= 15 is 0 Å². The number of fused-ring (bicyclic) bond motifs is 2. The van der Waals surface area contributed by atoms with Crippen LogP contribution in [0, 0.1) is 0 Å². The molecule has 0 fully saturated rings. The molecule has 26 heavy (non-hydrogen) atoms. The maximum absolute atomic E-state index is 5.33. The topological polar surface area (TPSA) is 27.1 Å². The minimum atomic E-state index is 0.237. The number of ether oxygens (including phenoxy) is 1. The summed E-state index contributed by atoms with van der Waals surface area (Å²) in [6.45, 7) is 5.45. The minimum Gasteiger partial charge on any atom is -0.497 e. The normalized spacial score (nSPS) is 12.6. The first-order valence-electron chi connectivity index (χ1n) is 9.24. The number of nitrogens with zero attached hydrogens (tertiary/aromatic N) is 2. The Morgan fingerprint density at radius 1 is 1.00 bits per heavy atom. The van der Waals surface area contributed by atoms with E-state index < -0.39 is 0 Å². The van der Waals surface area contributed by atoms with Gasteiger partial charge in [-0.15, -0.1) is 0 Å². The molecule has 3 heteroatoms. The second-order valence-electron chi connectivity index (χ2n) is 6.80. The molecule has 0 radical (unpaired) electrons. The van der Waals surface area contributed by atoms with E-state index in [0.29, 0.717) is 0 Å². The SMILES string of the molecule is CCCn1c([C@H](C)c2ccc3cc(OC)ccc3c2)nc2ccccc21. The van der Waals surface area contributed by atoms with Gasteiger partial charge in [-0.1, -0.05) is 50.2 Å². The number of hydrogen-bond donors (Lipinski definition) is 0. The zero-order valence-electron chi connectivity index (χ0n) is 15.6. The van der Waals surface area contributed by atoms with Crippen molar-refractivity contribution in [3.05, 3.63) is 72.1 Å². The van der Waals surface area contributed by atoms with Crippen molar-refractivity contribution in [3.8, 4) is 5.75 Å². The molecule has 4 rings (SSSR count). The molecule has 0 saturated heterocycles. The summed E-state index contributed by atoms with van der Waals surface area (Å²) in [5.74, 6) is 2.27. The van der Waals surface area contributed by atoms with Gasteiger partial charge in [0.15, 0.2) is 0 Å². The van der Waals surface area contributed by atoms with Crippen LogP contribution in [0.1, 0.15) is 37.6 Å². The molecule has 0 amide bonds. The van der Waals surface area contributed by atoms with Crippen molar-refractivity contribution in [1.82, 2.24) is 9.55 Å². The van der Waals surface area contributed by atoms with Crippen molar-refractivity contribution in [2.24, 2.45) is 0 Å². The van der Waals surface area contributed by atoms with E-state index in [2.05, 4.69) is 73.0 Å². The molecular formula is C23H24N2O. The number of imidazole rings is 1. The van der Waals surface area contributed by atoms with Crippen molar-refractivity contribution in [2.45, 2.75) is 32.7 Å². The molecule has 0 saturated carbocycles. The first-order valence-corrected chi connectivity index (χ1v) is 9.24. The van der Waals surface area contributed by atoms with Crippen LogP contribution in [0.4, 0.5) is 0 Å². The Labute approximate surface area is 154 Å². The van der Waals surface area contributed by atoms with E-state index in [0.717, 1.165) is 30.1 Å². The average molecular weight is 344 g/mol. The van der Waals surface area contributed by atoms with Crippen LogP contribution in [-0.4, -0.2) is 16.7 Å². The van der Waals surface area contributed by atoms with Crippen molar-refractivity contribution in [1.29, 1.82) is 0 Å². The molecule has 3 nitrogen and oxygen atoms in total. The van der Waals surface area contributed by atoms with E-state index in [1.807, 2.05) is 6.07 Å². The van der Waals surface area contributed by atoms with Crippen molar-refractivity contribution < 1.29 is 4.74 Å². The lowest BCUT2D eigenvalue weighted by molar-refractivity contribution is 0.415. The molecule has 0 aliphatic carbocycles. The van der Waals surface area contributed by atoms with Crippen molar-refractivity contribution >= 4 is 21.8 Å². The molecular weight excluding hydrogens is 320 g/mol. The first kappa shape index (κ1) is 16.6. The number of aryl methyl sites for hydroxylation is 1. The van der Waals surface area contributed by atoms with Crippen LogP contribution in [0.3, 0.4) is 0 Å². The van der Waals surface area contributed by atoms with E-state index in [-0.39, 0.29) is 5.92 Å².